The Morgan fingerprint density at radius 2 is 2.45 bits per heavy atom. The number of hydrogen-bond donors (Lipinski definition) is 1. The summed E-state index contributed by atoms with van der Waals surface area (Å²) in [5, 5.41) is 0. The maximum absolute atomic E-state index is 11.8. The molecule has 20 heavy (non-hydrogen) atoms. The molecule has 2 unspecified atom stereocenters. The van der Waals surface area contributed by atoms with Gasteiger partial charge in [-0.15, -0.1) is 0 Å². The number of nitrogen functional groups attached to an aromatic ring is 1. The van der Waals surface area contributed by atoms with Crippen molar-refractivity contribution in [1.29, 1.82) is 0 Å². The molecule has 1 fully saturated rings. The molecule has 0 spiro atoms. The summed E-state index contributed by atoms with van der Waals surface area (Å²) in [6.45, 7) is 2.16. The van der Waals surface area contributed by atoms with E-state index in [1.54, 1.807) is 0 Å². The molecular formula is C12H17N3O5. The molecule has 1 aromatic heterocycles. The molecule has 2 atom stereocenters. The van der Waals surface area contributed by atoms with Gasteiger partial charge in [0.15, 0.2) is 0 Å². The van der Waals surface area contributed by atoms with Crippen LogP contribution < -0.4 is 11.4 Å². The van der Waals surface area contributed by atoms with Crippen LogP contribution in [0.3, 0.4) is 0 Å². The minimum absolute atomic E-state index is 0.0863. The first-order valence-electron chi connectivity index (χ1n) is 6.27. The minimum atomic E-state index is -0.515. The highest BCUT2D eigenvalue weighted by Gasteiger charge is 2.24. The molecule has 8 nitrogen and oxygen atoms in total. The topological polar surface area (TPSA) is 106 Å². The Morgan fingerprint density at radius 3 is 3.15 bits per heavy atom. The lowest BCUT2D eigenvalue weighted by atomic mass is 10.3. The normalized spacial score (nSPS) is 23.1. The number of ether oxygens (including phenoxy) is 3. The second-order valence-electron chi connectivity index (χ2n) is 4.42. The second-order valence-corrected chi connectivity index (χ2v) is 4.42. The van der Waals surface area contributed by atoms with Crippen LogP contribution in [-0.4, -0.2) is 41.4 Å². The molecule has 8 heteroatoms. The van der Waals surface area contributed by atoms with Crippen molar-refractivity contribution in [2.45, 2.75) is 25.7 Å². The first kappa shape index (κ1) is 14.5. The minimum Gasteiger partial charge on any atom is -0.463 e. The average molecular weight is 283 g/mol. The Bertz CT molecular complexity index is 530. The summed E-state index contributed by atoms with van der Waals surface area (Å²) in [5.41, 5.74) is 4.97. The predicted molar refractivity (Wildman–Crippen MR) is 68.9 cm³/mol. The van der Waals surface area contributed by atoms with Crippen LogP contribution in [0, 0.1) is 0 Å². The first-order valence-corrected chi connectivity index (χ1v) is 6.27. The van der Waals surface area contributed by atoms with Crippen molar-refractivity contribution in [2.75, 3.05) is 25.6 Å². The van der Waals surface area contributed by atoms with E-state index in [0.717, 1.165) is 0 Å². The SMILES string of the molecule is CC(=O)OCC1COCCC(n2ccc(N)nc2=O)O1. The Morgan fingerprint density at radius 1 is 1.65 bits per heavy atom. The highest BCUT2D eigenvalue weighted by atomic mass is 16.6. The Labute approximate surface area is 115 Å². The van der Waals surface area contributed by atoms with Gasteiger partial charge in [0.2, 0.25) is 0 Å². The number of hydrogen-bond acceptors (Lipinski definition) is 7. The van der Waals surface area contributed by atoms with E-state index >= 15 is 0 Å². The molecule has 110 valence electrons. The smallest absolute Gasteiger partial charge is 0.351 e. The van der Waals surface area contributed by atoms with Crippen molar-refractivity contribution in [1.82, 2.24) is 9.55 Å². The third-order valence-electron chi connectivity index (χ3n) is 2.80. The summed E-state index contributed by atoms with van der Waals surface area (Å²) in [5.74, 6) is -0.228. The lowest BCUT2D eigenvalue weighted by Gasteiger charge is -2.21. The summed E-state index contributed by atoms with van der Waals surface area (Å²) in [6, 6.07) is 1.53. The summed E-state index contributed by atoms with van der Waals surface area (Å²) < 4.78 is 17.4. The van der Waals surface area contributed by atoms with E-state index in [0.29, 0.717) is 19.6 Å². The third kappa shape index (κ3) is 3.78. The van der Waals surface area contributed by atoms with Crippen LogP contribution in [0.1, 0.15) is 19.6 Å². The summed E-state index contributed by atoms with van der Waals surface area (Å²) in [7, 11) is 0. The Hall–Kier alpha value is -1.93. The van der Waals surface area contributed by atoms with Gasteiger partial charge in [-0.05, 0) is 6.07 Å². The van der Waals surface area contributed by atoms with E-state index < -0.39 is 18.0 Å². The lowest BCUT2D eigenvalue weighted by molar-refractivity contribution is -0.149. The van der Waals surface area contributed by atoms with E-state index in [1.807, 2.05) is 0 Å². The number of nitrogens with two attached hydrogens (primary N) is 1. The predicted octanol–water partition coefficient (Wildman–Crippen LogP) is -0.307. The first-order chi connectivity index (χ1) is 9.56. The van der Waals surface area contributed by atoms with E-state index in [1.165, 1.54) is 23.8 Å². The zero-order chi connectivity index (χ0) is 14.5. The third-order valence-corrected chi connectivity index (χ3v) is 2.80. The molecule has 1 saturated heterocycles. The lowest BCUT2D eigenvalue weighted by Crippen LogP contribution is -2.33. The summed E-state index contributed by atoms with van der Waals surface area (Å²) in [6.07, 6.45) is 1.10. The average Bonchev–Trinajstić information content (AvgIpc) is 2.62. The summed E-state index contributed by atoms with van der Waals surface area (Å²) in [4.78, 5) is 26.3. The van der Waals surface area contributed by atoms with Gasteiger partial charge in [0.1, 0.15) is 24.8 Å². The zero-order valence-corrected chi connectivity index (χ0v) is 11.2. The van der Waals surface area contributed by atoms with Crippen molar-refractivity contribution in [2.24, 2.45) is 0 Å². The number of aromatic nitrogens is 2. The van der Waals surface area contributed by atoms with Gasteiger partial charge in [0.25, 0.3) is 0 Å². The van der Waals surface area contributed by atoms with E-state index in [4.69, 9.17) is 19.9 Å². The van der Waals surface area contributed by atoms with E-state index in [-0.39, 0.29) is 18.4 Å². The highest BCUT2D eigenvalue weighted by Crippen LogP contribution is 2.18. The monoisotopic (exact) mass is 283 g/mol. The molecular weight excluding hydrogens is 266 g/mol. The fourth-order valence-corrected chi connectivity index (χ4v) is 1.88. The van der Waals surface area contributed by atoms with Gasteiger partial charge in [0, 0.05) is 19.5 Å². The van der Waals surface area contributed by atoms with Crippen molar-refractivity contribution in [3.8, 4) is 0 Å². The number of carbonyl (C=O) groups is 1. The second kappa shape index (κ2) is 6.49. The molecule has 2 rings (SSSR count). The number of esters is 1. The van der Waals surface area contributed by atoms with Gasteiger partial charge in [0.05, 0.1) is 13.2 Å². The maximum atomic E-state index is 11.8. The molecule has 0 bridgehead atoms. The van der Waals surface area contributed by atoms with Crippen molar-refractivity contribution in [3.05, 3.63) is 22.7 Å². The fourth-order valence-electron chi connectivity index (χ4n) is 1.88. The molecule has 0 saturated carbocycles. The van der Waals surface area contributed by atoms with Crippen LogP contribution in [0.2, 0.25) is 0 Å². The van der Waals surface area contributed by atoms with Crippen molar-refractivity contribution >= 4 is 11.8 Å². The van der Waals surface area contributed by atoms with Crippen molar-refractivity contribution < 1.29 is 19.0 Å². The molecule has 0 amide bonds. The van der Waals surface area contributed by atoms with Crippen LogP contribution in [0.5, 0.6) is 0 Å². The van der Waals surface area contributed by atoms with Gasteiger partial charge in [-0.2, -0.15) is 4.98 Å². The molecule has 0 radical (unpaired) electrons. The zero-order valence-electron chi connectivity index (χ0n) is 11.2. The molecule has 0 aromatic carbocycles. The molecule has 2 N–H and O–H groups in total. The standard InChI is InChI=1S/C12H17N3O5/c1-8(16)19-7-9-6-18-5-3-11(20-9)15-4-2-10(13)14-12(15)17/h2,4,9,11H,3,5-7H2,1H3,(H2,13,14,17). The number of anilines is 1. The van der Waals surface area contributed by atoms with E-state index in [9.17, 15) is 9.59 Å². The molecule has 1 aromatic rings. The van der Waals surface area contributed by atoms with Crippen LogP contribution in [0.25, 0.3) is 0 Å². The Balaban J connectivity index is 2.09. The number of carbonyl (C=O) groups excluding carboxylic acids is 1. The molecule has 0 aliphatic carbocycles. The van der Waals surface area contributed by atoms with Gasteiger partial charge in [-0.1, -0.05) is 0 Å². The largest absolute Gasteiger partial charge is 0.463 e. The van der Waals surface area contributed by atoms with Crippen LogP contribution in [0.15, 0.2) is 17.1 Å². The molecule has 1 aliphatic rings. The Kier molecular flexibility index (Phi) is 4.70. The van der Waals surface area contributed by atoms with Crippen LogP contribution in [0.4, 0.5) is 5.82 Å². The molecule has 2 heterocycles. The van der Waals surface area contributed by atoms with Crippen LogP contribution in [-0.2, 0) is 19.0 Å². The van der Waals surface area contributed by atoms with Gasteiger partial charge in [-0.25, -0.2) is 4.79 Å². The van der Waals surface area contributed by atoms with Crippen molar-refractivity contribution in [3.63, 3.8) is 0 Å². The van der Waals surface area contributed by atoms with Gasteiger partial charge >= 0.3 is 11.7 Å². The number of nitrogens with zero attached hydrogens (tertiary/aromatic N) is 2. The number of rotatable bonds is 3. The summed E-state index contributed by atoms with van der Waals surface area (Å²) >= 11 is 0. The van der Waals surface area contributed by atoms with Crippen LogP contribution >= 0.6 is 0 Å². The quantitative estimate of drug-likeness (QED) is 0.758. The fraction of sp³-hybridized carbons (Fsp3) is 0.583. The van der Waals surface area contributed by atoms with Gasteiger partial charge in [-0.3, -0.25) is 9.36 Å². The molecule has 1 aliphatic heterocycles. The maximum Gasteiger partial charge on any atom is 0.351 e. The highest BCUT2D eigenvalue weighted by molar-refractivity contribution is 5.65. The van der Waals surface area contributed by atoms with E-state index in [2.05, 4.69) is 4.98 Å². The van der Waals surface area contributed by atoms with Gasteiger partial charge < -0.3 is 19.9 Å².